The molecule has 1 atom stereocenters. The molecule has 1 N–H and O–H groups in total. The van der Waals surface area contributed by atoms with Crippen LogP contribution in [-0.4, -0.2) is 23.5 Å². The quantitative estimate of drug-likeness (QED) is 0.385. The van der Waals surface area contributed by atoms with Crippen molar-refractivity contribution < 1.29 is 22.7 Å². The topological polar surface area (TPSA) is 55.7 Å². The summed E-state index contributed by atoms with van der Waals surface area (Å²) in [6, 6.07) is 12.6. The summed E-state index contributed by atoms with van der Waals surface area (Å²) in [4.78, 5) is 14.4. The number of aromatic nitrogens is 1. The molecule has 5 nitrogen and oxygen atoms in total. The van der Waals surface area contributed by atoms with Crippen molar-refractivity contribution >= 4 is 17.4 Å². The van der Waals surface area contributed by atoms with Crippen LogP contribution >= 0.6 is 11.6 Å². The number of amidine groups is 1. The summed E-state index contributed by atoms with van der Waals surface area (Å²) in [5.41, 5.74) is 6.23. The smallest absolute Gasteiger partial charge is 0.416 e. The lowest BCUT2D eigenvalue weighted by atomic mass is 9.97. The number of benzene rings is 2. The van der Waals surface area contributed by atoms with Gasteiger partial charge in [0.2, 0.25) is 0 Å². The molecule has 0 amide bonds. The van der Waals surface area contributed by atoms with Crippen LogP contribution in [0.3, 0.4) is 0 Å². The van der Waals surface area contributed by atoms with Crippen LogP contribution < -0.4 is 10.2 Å². The summed E-state index contributed by atoms with van der Waals surface area (Å²) in [6.45, 7) is 2.48. The van der Waals surface area contributed by atoms with Gasteiger partial charge in [0, 0.05) is 0 Å². The van der Waals surface area contributed by atoms with E-state index in [1.54, 1.807) is 0 Å². The molecule has 1 aliphatic carbocycles. The third-order valence-electron chi connectivity index (χ3n) is 6.11. The number of hydrogen-bond acceptors (Lipinski definition) is 5. The number of pyridine rings is 1. The number of nitrogens with one attached hydrogen (secondary N) is 1. The third kappa shape index (κ3) is 5.60. The Morgan fingerprint density at radius 2 is 1.97 bits per heavy atom. The van der Waals surface area contributed by atoms with Crippen LogP contribution in [0.1, 0.15) is 46.6 Å². The summed E-state index contributed by atoms with van der Waals surface area (Å²) in [6.07, 6.45) is 0.0739. The highest BCUT2D eigenvalue weighted by Crippen LogP contribution is 2.40. The van der Waals surface area contributed by atoms with Crippen LogP contribution in [0.25, 0.3) is 0 Å². The Morgan fingerprint density at radius 1 is 1.14 bits per heavy atom. The van der Waals surface area contributed by atoms with Gasteiger partial charge < -0.3 is 4.74 Å². The average molecular weight is 502 g/mol. The van der Waals surface area contributed by atoms with E-state index in [-0.39, 0.29) is 22.7 Å². The summed E-state index contributed by atoms with van der Waals surface area (Å²) in [5.74, 6) is 1.29. The maximum Gasteiger partial charge on any atom is 0.416 e. The molecule has 1 fully saturated rings. The standard InChI is InChI=1S/C26H23ClF3N3O2/c1-15-9-18(16-5-6-16)8-7-17(15)10-20-14-34-33-25(32-20)22-12-24(27)31-13-23(22)35-21-4-2-3-19(11-21)26(28,29)30/h2-4,7-9,11-13,16,20H,5-6,10,14H2,1H3,(H,32,33). The highest BCUT2D eigenvalue weighted by Gasteiger charge is 2.31. The zero-order valence-electron chi connectivity index (χ0n) is 18.9. The number of halogens is 4. The zero-order chi connectivity index (χ0) is 24.6. The number of alkyl halides is 3. The molecule has 0 radical (unpaired) electrons. The van der Waals surface area contributed by atoms with E-state index in [4.69, 9.17) is 26.2 Å². The maximum atomic E-state index is 13.1. The molecule has 182 valence electrons. The molecular formula is C26H23ClF3N3O2. The molecule has 0 spiro atoms. The first-order chi connectivity index (χ1) is 16.8. The maximum absolute atomic E-state index is 13.1. The van der Waals surface area contributed by atoms with Crippen LogP contribution in [0.5, 0.6) is 11.5 Å². The second-order valence-electron chi connectivity index (χ2n) is 8.84. The predicted molar refractivity (Wildman–Crippen MR) is 127 cm³/mol. The number of hydroxylamine groups is 1. The van der Waals surface area contributed by atoms with Gasteiger partial charge in [-0.15, -0.1) is 0 Å². The van der Waals surface area contributed by atoms with Crippen molar-refractivity contribution in [2.45, 2.75) is 44.3 Å². The van der Waals surface area contributed by atoms with Gasteiger partial charge in [-0.05, 0) is 73.1 Å². The van der Waals surface area contributed by atoms with Crippen LogP contribution in [0.15, 0.2) is 59.7 Å². The molecular weight excluding hydrogens is 479 g/mol. The Bertz CT molecular complexity index is 1270. The largest absolute Gasteiger partial charge is 0.455 e. The molecule has 1 unspecified atom stereocenters. The number of aryl methyl sites for hydroxylation is 1. The lowest BCUT2D eigenvalue weighted by Crippen LogP contribution is -2.37. The van der Waals surface area contributed by atoms with Gasteiger partial charge in [-0.3, -0.25) is 9.83 Å². The van der Waals surface area contributed by atoms with Gasteiger partial charge in [0.1, 0.15) is 10.9 Å². The van der Waals surface area contributed by atoms with Crippen LogP contribution in [0.2, 0.25) is 5.15 Å². The van der Waals surface area contributed by atoms with Crippen LogP contribution in [0.4, 0.5) is 13.2 Å². The Hall–Kier alpha value is -3.10. The minimum absolute atomic E-state index is 0.0189. The molecule has 35 heavy (non-hydrogen) atoms. The van der Waals surface area contributed by atoms with Gasteiger partial charge in [-0.2, -0.15) is 13.2 Å². The number of nitrogens with zero attached hydrogens (tertiary/aromatic N) is 2. The molecule has 3 aromatic rings. The molecule has 9 heteroatoms. The van der Waals surface area contributed by atoms with Gasteiger partial charge >= 0.3 is 6.18 Å². The third-order valence-corrected chi connectivity index (χ3v) is 6.31. The van der Waals surface area contributed by atoms with Gasteiger partial charge in [0.15, 0.2) is 11.6 Å². The number of aliphatic imine (C=N–C) groups is 1. The van der Waals surface area contributed by atoms with Crippen molar-refractivity contribution in [3.05, 3.63) is 87.7 Å². The van der Waals surface area contributed by atoms with Gasteiger partial charge in [-0.1, -0.05) is 35.9 Å². The molecule has 2 heterocycles. The van der Waals surface area contributed by atoms with Crippen LogP contribution in [-0.2, 0) is 17.4 Å². The molecule has 5 rings (SSSR count). The lowest BCUT2D eigenvalue weighted by Gasteiger charge is -2.24. The number of ether oxygens (including phenoxy) is 1. The van der Waals surface area contributed by atoms with E-state index in [9.17, 15) is 13.2 Å². The van der Waals surface area contributed by atoms with Crippen molar-refractivity contribution in [3.63, 3.8) is 0 Å². The number of rotatable bonds is 6. The Morgan fingerprint density at radius 3 is 2.71 bits per heavy atom. The molecule has 0 saturated heterocycles. The second-order valence-corrected chi connectivity index (χ2v) is 9.23. The highest BCUT2D eigenvalue weighted by atomic mass is 35.5. The molecule has 0 bridgehead atoms. The fourth-order valence-corrected chi connectivity index (χ4v) is 4.26. The van der Waals surface area contributed by atoms with Gasteiger partial charge in [0.25, 0.3) is 0 Å². The van der Waals surface area contributed by atoms with E-state index < -0.39 is 11.7 Å². The first-order valence-electron chi connectivity index (χ1n) is 11.3. The minimum Gasteiger partial charge on any atom is -0.455 e. The normalized spacial score (nSPS) is 18.1. The van der Waals surface area contributed by atoms with E-state index in [1.807, 2.05) is 0 Å². The Balaban J connectivity index is 1.40. The van der Waals surface area contributed by atoms with Crippen molar-refractivity contribution in [2.24, 2.45) is 4.99 Å². The van der Waals surface area contributed by atoms with E-state index in [1.165, 1.54) is 53.9 Å². The summed E-state index contributed by atoms with van der Waals surface area (Å²) >= 11 is 6.12. The highest BCUT2D eigenvalue weighted by molar-refractivity contribution is 6.29. The van der Waals surface area contributed by atoms with Crippen molar-refractivity contribution in [1.82, 2.24) is 10.5 Å². The monoisotopic (exact) mass is 501 g/mol. The van der Waals surface area contributed by atoms with E-state index in [0.29, 0.717) is 30.3 Å². The first-order valence-corrected chi connectivity index (χ1v) is 11.7. The molecule has 1 aliphatic heterocycles. The Kier molecular flexibility index (Phi) is 6.42. The zero-order valence-corrected chi connectivity index (χ0v) is 19.7. The van der Waals surface area contributed by atoms with Crippen molar-refractivity contribution in [3.8, 4) is 11.5 Å². The molecule has 2 aliphatic rings. The molecule has 1 aromatic heterocycles. The lowest BCUT2D eigenvalue weighted by molar-refractivity contribution is -0.137. The van der Waals surface area contributed by atoms with Crippen molar-refractivity contribution in [1.29, 1.82) is 0 Å². The summed E-state index contributed by atoms with van der Waals surface area (Å²) < 4.78 is 45.1. The van der Waals surface area contributed by atoms with Crippen molar-refractivity contribution in [2.75, 3.05) is 6.61 Å². The Labute approximate surface area is 205 Å². The van der Waals surface area contributed by atoms with E-state index >= 15 is 0 Å². The van der Waals surface area contributed by atoms with Gasteiger partial charge in [0.05, 0.1) is 30.0 Å². The van der Waals surface area contributed by atoms with Gasteiger partial charge in [-0.25, -0.2) is 10.5 Å². The van der Waals surface area contributed by atoms with E-state index in [2.05, 4.69) is 35.6 Å². The summed E-state index contributed by atoms with van der Waals surface area (Å²) in [7, 11) is 0. The fraction of sp³-hybridized carbons (Fsp3) is 0.308. The SMILES string of the molecule is Cc1cc(C2CC2)ccc1CC1CONC(c2cc(Cl)ncc2Oc2cccc(C(F)(F)F)c2)=N1. The minimum atomic E-state index is -4.48. The first kappa shape index (κ1) is 23.6. The summed E-state index contributed by atoms with van der Waals surface area (Å²) in [5, 5.41) is 0.189. The molecule has 2 aromatic carbocycles. The predicted octanol–water partition coefficient (Wildman–Crippen LogP) is 6.62. The van der Waals surface area contributed by atoms with E-state index in [0.717, 1.165) is 12.1 Å². The van der Waals surface area contributed by atoms with Crippen LogP contribution in [0, 0.1) is 6.92 Å². The average Bonchev–Trinajstić information content (AvgIpc) is 3.67. The fourth-order valence-electron chi connectivity index (χ4n) is 4.10. The second kappa shape index (κ2) is 9.51. The number of hydrogen-bond donors (Lipinski definition) is 1. The molecule has 1 saturated carbocycles.